The van der Waals surface area contributed by atoms with Gasteiger partial charge in [0.1, 0.15) is 0 Å². The molecule has 39 heavy (non-hydrogen) atoms. The number of H-pyrrole nitrogens is 1. The van der Waals surface area contributed by atoms with Gasteiger partial charge in [0.15, 0.2) is 12.2 Å². The minimum absolute atomic E-state index is 0.631. The number of thioether (sulfide) groups is 1. The number of nitrogens with zero attached hydrogens (tertiary/aromatic N) is 1. The summed E-state index contributed by atoms with van der Waals surface area (Å²) in [5.74, 6) is 0.553. The van der Waals surface area contributed by atoms with Crippen molar-refractivity contribution in [3.8, 4) is 0 Å². The van der Waals surface area contributed by atoms with E-state index < -0.39 is 24.1 Å². The van der Waals surface area contributed by atoms with Crippen molar-refractivity contribution in [2.24, 2.45) is 5.92 Å². The largest absolute Gasteiger partial charge is 0.479 e. The van der Waals surface area contributed by atoms with Crippen LogP contribution in [0, 0.1) is 5.92 Å². The second-order valence-corrected chi connectivity index (χ2v) is 12.4. The number of nitrogens with one attached hydrogen (secondary N) is 1. The molecule has 3 aromatic rings. The standard InChI is InChI=1S/C25H30N2S2.C4H6O6/c1-3-12-28-16-17-13-20-19-10-7-11-22-24(19)21(14-23(20)27(2)15-17)25(26-22)29-18-8-5-4-6-9-18;5-1(3(7)8)2(6)4(9)10/h4-11,17,20,23,26H,3,12-16H2,1-2H3;1-2,5-6H,(H,7,8)(H,9,10)/t17-,20?,23-;/m1./s1. The molecule has 0 spiro atoms. The SMILES string of the molecule is CCCSC[C@@H]1CC2c3cccc4[nH]c(Sc5ccccc5)c(c34)C[C@H]2N(C)C1.O=C(O)C(O)C(O)C(=O)O. The van der Waals surface area contributed by atoms with E-state index in [0.29, 0.717) is 12.0 Å². The molecule has 0 amide bonds. The van der Waals surface area contributed by atoms with Crippen LogP contribution in [-0.4, -0.2) is 85.6 Å². The molecule has 2 heterocycles. The van der Waals surface area contributed by atoms with Crippen LogP contribution in [0.2, 0.25) is 0 Å². The van der Waals surface area contributed by atoms with Gasteiger partial charge < -0.3 is 30.3 Å². The Morgan fingerprint density at radius 3 is 2.38 bits per heavy atom. The van der Waals surface area contributed by atoms with Gasteiger partial charge in [0, 0.05) is 34.3 Å². The third-order valence-electron chi connectivity index (χ3n) is 7.37. The number of carboxylic acids is 2. The molecule has 2 aromatic carbocycles. The molecule has 5 rings (SSSR count). The second kappa shape index (κ2) is 13.2. The van der Waals surface area contributed by atoms with Gasteiger partial charge in [-0.25, -0.2) is 9.59 Å². The predicted octanol–water partition coefficient (Wildman–Crippen LogP) is 4.30. The molecule has 3 unspecified atom stereocenters. The summed E-state index contributed by atoms with van der Waals surface area (Å²) in [4.78, 5) is 27.3. The van der Waals surface area contributed by atoms with Crippen LogP contribution >= 0.6 is 23.5 Å². The second-order valence-electron chi connectivity index (χ2n) is 10.2. The Hall–Kier alpha value is -2.50. The first-order chi connectivity index (χ1) is 18.7. The zero-order valence-electron chi connectivity index (χ0n) is 22.1. The number of likely N-dealkylation sites (tertiary alicyclic amines) is 1. The van der Waals surface area contributed by atoms with Gasteiger partial charge in [0.05, 0.1) is 5.03 Å². The lowest BCUT2D eigenvalue weighted by molar-refractivity contribution is -0.165. The number of aliphatic hydroxyl groups excluding tert-OH is 2. The summed E-state index contributed by atoms with van der Waals surface area (Å²) in [6.07, 6.45) is -0.735. The van der Waals surface area contributed by atoms with Crippen molar-refractivity contribution >= 4 is 46.4 Å². The van der Waals surface area contributed by atoms with Crippen molar-refractivity contribution < 1.29 is 30.0 Å². The number of carboxylic acid groups (broad SMARTS) is 2. The maximum absolute atomic E-state index is 9.77. The smallest absolute Gasteiger partial charge is 0.335 e. The average Bonchev–Trinajstić information content (AvgIpc) is 3.27. The van der Waals surface area contributed by atoms with Gasteiger partial charge in [-0.1, -0.05) is 49.0 Å². The van der Waals surface area contributed by atoms with E-state index in [1.165, 1.54) is 63.7 Å². The number of likely N-dealkylation sites (N-methyl/N-ethyl adjacent to an activating group) is 1. The zero-order valence-corrected chi connectivity index (χ0v) is 23.8. The summed E-state index contributed by atoms with van der Waals surface area (Å²) in [5.41, 5.74) is 4.44. The van der Waals surface area contributed by atoms with Gasteiger partial charge in [0.25, 0.3) is 0 Å². The Morgan fingerprint density at radius 2 is 1.74 bits per heavy atom. The number of benzene rings is 2. The van der Waals surface area contributed by atoms with Crippen LogP contribution in [0.15, 0.2) is 58.5 Å². The van der Waals surface area contributed by atoms with E-state index in [-0.39, 0.29) is 0 Å². The van der Waals surface area contributed by atoms with Gasteiger partial charge in [-0.3, -0.25) is 0 Å². The van der Waals surface area contributed by atoms with Crippen LogP contribution in [0.1, 0.15) is 36.8 Å². The molecule has 10 heteroatoms. The highest BCUT2D eigenvalue weighted by atomic mass is 32.2. The molecule has 5 atom stereocenters. The van der Waals surface area contributed by atoms with E-state index in [1.807, 2.05) is 11.8 Å². The Kier molecular flexibility index (Phi) is 10.0. The monoisotopic (exact) mass is 572 g/mol. The van der Waals surface area contributed by atoms with Gasteiger partial charge in [0.2, 0.25) is 0 Å². The molecule has 1 aromatic heterocycles. The quantitative estimate of drug-likeness (QED) is 0.238. The van der Waals surface area contributed by atoms with Crippen LogP contribution in [0.3, 0.4) is 0 Å². The van der Waals surface area contributed by atoms with Crippen molar-refractivity contribution in [2.45, 2.75) is 60.3 Å². The number of piperidine rings is 1. The minimum atomic E-state index is -2.27. The fraction of sp³-hybridized carbons (Fsp3) is 0.448. The van der Waals surface area contributed by atoms with E-state index in [9.17, 15) is 9.59 Å². The zero-order chi connectivity index (χ0) is 28.1. The first-order valence-electron chi connectivity index (χ1n) is 13.2. The lowest BCUT2D eigenvalue weighted by atomic mass is 9.73. The molecule has 1 aliphatic heterocycles. The number of aromatic amines is 1. The molecule has 210 valence electrons. The van der Waals surface area contributed by atoms with E-state index >= 15 is 0 Å². The Bertz CT molecular complexity index is 1270. The van der Waals surface area contributed by atoms with Gasteiger partial charge in [-0.05, 0) is 73.1 Å². The lowest BCUT2D eigenvalue weighted by Crippen LogP contribution is -2.48. The van der Waals surface area contributed by atoms with Crippen LogP contribution in [0.5, 0.6) is 0 Å². The van der Waals surface area contributed by atoms with Gasteiger partial charge >= 0.3 is 11.9 Å². The van der Waals surface area contributed by atoms with Crippen LogP contribution in [0.4, 0.5) is 0 Å². The average molecular weight is 573 g/mol. The van der Waals surface area contributed by atoms with Crippen molar-refractivity contribution in [2.75, 3.05) is 25.1 Å². The third kappa shape index (κ3) is 6.81. The number of rotatable bonds is 9. The lowest BCUT2D eigenvalue weighted by Gasteiger charge is -2.45. The summed E-state index contributed by atoms with van der Waals surface area (Å²) in [5, 5.41) is 35.4. The van der Waals surface area contributed by atoms with E-state index in [2.05, 4.69) is 84.1 Å². The van der Waals surface area contributed by atoms with Gasteiger partial charge in [-0.2, -0.15) is 11.8 Å². The molecular weight excluding hydrogens is 536 g/mol. The molecule has 1 saturated heterocycles. The van der Waals surface area contributed by atoms with Gasteiger partial charge in [-0.15, -0.1) is 0 Å². The number of aromatic nitrogens is 1. The number of hydrogen-bond donors (Lipinski definition) is 5. The van der Waals surface area contributed by atoms with Crippen molar-refractivity contribution in [1.29, 1.82) is 0 Å². The summed E-state index contributed by atoms with van der Waals surface area (Å²) >= 11 is 4.03. The molecule has 2 aliphatic rings. The number of aliphatic carboxylic acids is 2. The molecule has 0 saturated carbocycles. The fourth-order valence-electron chi connectivity index (χ4n) is 5.59. The molecule has 0 radical (unpaired) electrons. The number of aliphatic hydroxyl groups is 2. The molecule has 1 fully saturated rings. The molecule has 5 N–H and O–H groups in total. The predicted molar refractivity (Wildman–Crippen MR) is 155 cm³/mol. The van der Waals surface area contributed by atoms with Crippen molar-refractivity contribution in [3.63, 3.8) is 0 Å². The highest BCUT2D eigenvalue weighted by Crippen LogP contribution is 2.48. The number of carbonyl (C=O) groups is 2. The summed E-state index contributed by atoms with van der Waals surface area (Å²) in [6, 6.07) is 18.3. The highest BCUT2D eigenvalue weighted by Gasteiger charge is 2.40. The van der Waals surface area contributed by atoms with Crippen molar-refractivity contribution in [3.05, 3.63) is 59.7 Å². The summed E-state index contributed by atoms with van der Waals surface area (Å²) < 4.78 is 0. The first kappa shape index (κ1) is 29.5. The first-order valence-corrected chi connectivity index (χ1v) is 15.1. The highest BCUT2D eigenvalue weighted by molar-refractivity contribution is 7.99. The molecule has 1 aliphatic carbocycles. The van der Waals surface area contributed by atoms with E-state index in [0.717, 1.165) is 5.92 Å². The molecule has 8 nitrogen and oxygen atoms in total. The minimum Gasteiger partial charge on any atom is -0.479 e. The maximum atomic E-state index is 9.77. The third-order valence-corrected chi connectivity index (χ3v) is 9.83. The fourth-order valence-corrected chi connectivity index (χ4v) is 7.62. The Labute approximate surface area is 236 Å². The van der Waals surface area contributed by atoms with E-state index in [4.69, 9.17) is 20.4 Å². The van der Waals surface area contributed by atoms with Crippen molar-refractivity contribution in [1.82, 2.24) is 9.88 Å². The number of hydrogen-bond acceptors (Lipinski definition) is 7. The normalized spacial score (nSPS) is 21.9. The molecule has 0 bridgehead atoms. The summed E-state index contributed by atoms with van der Waals surface area (Å²) in [6.45, 7) is 3.53. The van der Waals surface area contributed by atoms with E-state index in [1.54, 1.807) is 5.56 Å². The number of fused-ring (bicyclic) bond motifs is 2. The summed E-state index contributed by atoms with van der Waals surface area (Å²) in [7, 11) is 2.36. The maximum Gasteiger partial charge on any atom is 0.335 e. The Morgan fingerprint density at radius 1 is 1.05 bits per heavy atom. The van der Waals surface area contributed by atoms with Crippen LogP contribution < -0.4 is 0 Å². The van der Waals surface area contributed by atoms with Crippen LogP contribution in [-0.2, 0) is 16.0 Å². The topological polar surface area (TPSA) is 134 Å². The Balaban J connectivity index is 0.000000303. The molecular formula is C29H36N2O6S2. The van der Waals surface area contributed by atoms with Crippen LogP contribution in [0.25, 0.3) is 10.9 Å².